The maximum Gasteiger partial charge on any atom is 0.180 e. The molecule has 1 aliphatic heterocycles. The average molecular weight is 675 g/mol. The Morgan fingerprint density at radius 3 is 2.00 bits per heavy atom. The first-order valence-electron chi connectivity index (χ1n) is 15.6. The molecule has 2 aromatic carbocycles. The predicted octanol–water partition coefficient (Wildman–Crippen LogP) is 9.35. The summed E-state index contributed by atoms with van der Waals surface area (Å²) in [7, 11) is 1.69. The molecule has 0 atom stereocenters. The summed E-state index contributed by atoms with van der Waals surface area (Å²) in [6.07, 6.45) is 3.07. The lowest BCUT2D eigenvalue weighted by Crippen LogP contribution is -2.44. The van der Waals surface area contributed by atoms with Crippen molar-refractivity contribution in [3.05, 3.63) is 79.1 Å². The largest absolute Gasteiger partial charge is 0.490 e. The molecule has 0 amide bonds. The molecule has 45 heavy (non-hydrogen) atoms. The monoisotopic (exact) mass is 673 g/mol. The van der Waals surface area contributed by atoms with Gasteiger partial charge in [0.1, 0.15) is 6.61 Å². The summed E-state index contributed by atoms with van der Waals surface area (Å²) in [5.74, 6) is 0.448. The fraction of sp³-hybridized carbons (Fsp3) is 0.500. The van der Waals surface area contributed by atoms with Gasteiger partial charge >= 0.3 is 0 Å². The van der Waals surface area contributed by atoms with Crippen molar-refractivity contribution >= 4 is 46.4 Å². The van der Waals surface area contributed by atoms with Gasteiger partial charge in [-0.3, -0.25) is 9.59 Å². The number of nitrogens with zero attached hydrogens (tertiary/aromatic N) is 1. The Hall–Kier alpha value is -2.51. The van der Waals surface area contributed by atoms with Gasteiger partial charge < -0.3 is 19.1 Å². The molecule has 5 rings (SSSR count). The molecule has 0 radical (unpaired) electrons. The molecule has 0 unspecified atom stereocenters. The zero-order valence-electron chi connectivity index (χ0n) is 27.0. The molecule has 0 fully saturated rings. The van der Waals surface area contributed by atoms with E-state index in [0.29, 0.717) is 70.3 Å². The van der Waals surface area contributed by atoms with Crippen molar-refractivity contribution in [2.24, 2.45) is 10.8 Å². The molecule has 1 heterocycles. The second kappa shape index (κ2) is 13.3. The van der Waals surface area contributed by atoms with E-state index in [1.54, 1.807) is 19.2 Å². The first kappa shape index (κ1) is 33.8. The predicted molar refractivity (Wildman–Crippen MR) is 179 cm³/mol. The molecule has 0 spiro atoms. The molecule has 0 aromatic heterocycles. The average Bonchev–Trinajstić information content (AvgIpc) is 2.93. The highest BCUT2D eigenvalue weighted by Crippen LogP contribution is 2.55. The normalized spacial score (nSPS) is 19.5. The molecule has 0 bridgehead atoms. The topological polar surface area (TPSA) is 65.1 Å². The third-order valence-electron chi connectivity index (χ3n) is 8.78. The van der Waals surface area contributed by atoms with Crippen LogP contribution in [0.3, 0.4) is 0 Å². The van der Waals surface area contributed by atoms with E-state index < -0.39 is 5.92 Å². The summed E-state index contributed by atoms with van der Waals surface area (Å²) in [6.45, 7) is 12.3. The minimum atomic E-state index is -0.540. The third kappa shape index (κ3) is 7.10. The third-order valence-corrected chi connectivity index (χ3v) is 9.80. The van der Waals surface area contributed by atoms with Gasteiger partial charge in [0.2, 0.25) is 0 Å². The number of benzene rings is 2. The molecule has 0 saturated heterocycles. The lowest BCUT2D eigenvalue weighted by atomic mass is 9.63. The summed E-state index contributed by atoms with van der Waals surface area (Å²) >= 11 is 19.3. The highest BCUT2D eigenvalue weighted by atomic mass is 35.5. The number of carbonyl (C=O) groups excluding carboxylic acids is 2. The fourth-order valence-electron chi connectivity index (χ4n) is 6.96. The number of ketones is 2. The number of methoxy groups -OCH3 is 1. The van der Waals surface area contributed by atoms with Crippen LogP contribution >= 0.6 is 34.8 Å². The number of ether oxygens (including phenoxy) is 3. The summed E-state index contributed by atoms with van der Waals surface area (Å²) in [5.41, 5.74) is 4.58. The van der Waals surface area contributed by atoms with Crippen LogP contribution in [0.15, 0.2) is 52.9 Å². The van der Waals surface area contributed by atoms with Crippen molar-refractivity contribution in [2.45, 2.75) is 79.2 Å². The van der Waals surface area contributed by atoms with Gasteiger partial charge in [0, 0.05) is 61.6 Å². The molecule has 3 aliphatic rings. The lowest BCUT2D eigenvalue weighted by molar-refractivity contribution is -0.119. The van der Waals surface area contributed by atoms with Crippen molar-refractivity contribution in [3.63, 3.8) is 0 Å². The van der Waals surface area contributed by atoms with Gasteiger partial charge in [-0.1, -0.05) is 68.6 Å². The second-order valence-electron chi connectivity index (χ2n) is 13.8. The summed E-state index contributed by atoms with van der Waals surface area (Å²) in [4.78, 5) is 30.5. The van der Waals surface area contributed by atoms with E-state index in [1.807, 2.05) is 25.1 Å². The van der Waals surface area contributed by atoms with Gasteiger partial charge in [-0.05, 0) is 72.4 Å². The van der Waals surface area contributed by atoms with Gasteiger partial charge in [0.25, 0.3) is 0 Å². The summed E-state index contributed by atoms with van der Waals surface area (Å²) in [5, 5.41) is 1.24. The van der Waals surface area contributed by atoms with E-state index in [-0.39, 0.29) is 29.0 Å². The maximum atomic E-state index is 14.1. The zero-order chi connectivity index (χ0) is 32.7. The second-order valence-corrected chi connectivity index (χ2v) is 15.1. The van der Waals surface area contributed by atoms with E-state index in [1.165, 1.54) is 0 Å². The van der Waals surface area contributed by atoms with Crippen LogP contribution in [0.25, 0.3) is 0 Å². The van der Waals surface area contributed by atoms with Crippen LogP contribution in [0, 0.1) is 10.8 Å². The SMILES string of the molecule is CCOc1cc(C2C3=C(CC(C)(C)CC3=O)N(CCCOC)C3=C2C(=O)CC(C)(C)C3)cc(Cl)c1OCc1ccc(Cl)c(Cl)c1. The van der Waals surface area contributed by atoms with E-state index in [2.05, 4.69) is 32.6 Å². The van der Waals surface area contributed by atoms with Gasteiger partial charge in [-0.25, -0.2) is 0 Å². The number of allylic oxidation sites excluding steroid dienone is 4. The van der Waals surface area contributed by atoms with Gasteiger partial charge in [0.05, 0.1) is 21.7 Å². The Labute approximate surface area is 281 Å². The molecule has 9 heteroatoms. The lowest BCUT2D eigenvalue weighted by Gasteiger charge is -2.49. The number of carbonyl (C=O) groups is 2. The number of halogens is 3. The van der Waals surface area contributed by atoms with Crippen molar-refractivity contribution in [3.8, 4) is 11.5 Å². The van der Waals surface area contributed by atoms with Crippen molar-refractivity contribution in [1.29, 1.82) is 0 Å². The smallest absolute Gasteiger partial charge is 0.180 e. The minimum Gasteiger partial charge on any atom is -0.490 e. The number of rotatable bonds is 10. The van der Waals surface area contributed by atoms with E-state index in [0.717, 1.165) is 41.8 Å². The molecule has 0 saturated carbocycles. The Morgan fingerprint density at radius 1 is 0.822 bits per heavy atom. The van der Waals surface area contributed by atoms with Gasteiger partial charge in [-0.2, -0.15) is 0 Å². The molecular formula is C36H42Cl3NO5. The van der Waals surface area contributed by atoms with Crippen molar-refractivity contribution in [2.75, 3.05) is 26.9 Å². The highest BCUT2D eigenvalue weighted by molar-refractivity contribution is 6.42. The van der Waals surface area contributed by atoms with Crippen molar-refractivity contribution in [1.82, 2.24) is 4.90 Å². The number of hydrogen-bond donors (Lipinski definition) is 0. The van der Waals surface area contributed by atoms with Crippen molar-refractivity contribution < 1.29 is 23.8 Å². The molecule has 2 aromatic rings. The fourth-order valence-corrected chi connectivity index (χ4v) is 7.55. The Balaban J connectivity index is 1.65. The van der Waals surface area contributed by atoms with E-state index >= 15 is 0 Å². The number of hydrogen-bond acceptors (Lipinski definition) is 6. The minimum absolute atomic E-state index is 0.0706. The Morgan fingerprint density at radius 2 is 1.44 bits per heavy atom. The van der Waals surface area contributed by atoms with E-state index in [9.17, 15) is 9.59 Å². The standard InChI is InChI=1S/C36H42Cl3NO5/c1-7-44-30-15-22(14-25(39)34(30)45-20-21-9-10-23(37)24(38)13-21)31-32-26(16-35(2,3)18-28(32)41)40(11-8-12-43-6)27-17-36(4,5)19-29(42)33(27)31/h9-10,13-15,31H,7-8,11-12,16-20H2,1-6H3. The summed E-state index contributed by atoms with van der Waals surface area (Å²) < 4.78 is 17.7. The quantitative estimate of drug-likeness (QED) is 0.234. The van der Waals surface area contributed by atoms with E-state index in [4.69, 9.17) is 49.0 Å². The number of Topliss-reactive ketones (excluding diaryl/α,β-unsaturated/α-hetero) is 2. The molecule has 6 nitrogen and oxygen atoms in total. The molecule has 242 valence electrons. The Kier molecular flexibility index (Phi) is 10.0. The van der Waals surface area contributed by atoms with Gasteiger partial charge in [-0.15, -0.1) is 0 Å². The Bertz CT molecular complexity index is 1520. The van der Waals surface area contributed by atoms with Gasteiger partial charge in [0.15, 0.2) is 23.1 Å². The first-order chi connectivity index (χ1) is 21.2. The first-order valence-corrected chi connectivity index (χ1v) is 16.7. The molecule has 2 aliphatic carbocycles. The van der Waals surface area contributed by atoms with Crippen LogP contribution in [0.4, 0.5) is 0 Å². The van der Waals surface area contributed by atoms with Crippen LogP contribution < -0.4 is 9.47 Å². The zero-order valence-corrected chi connectivity index (χ0v) is 29.2. The maximum absolute atomic E-state index is 14.1. The molecular weight excluding hydrogens is 633 g/mol. The van der Waals surface area contributed by atoms with Crippen LogP contribution in [0.5, 0.6) is 11.5 Å². The van der Waals surface area contributed by atoms with Crippen LogP contribution in [-0.4, -0.2) is 43.3 Å². The molecule has 0 N–H and O–H groups in total. The summed E-state index contributed by atoms with van der Waals surface area (Å²) in [6, 6.07) is 9.03. The van der Waals surface area contributed by atoms with Crippen LogP contribution in [0.1, 0.15) is 83.8 Å². The van der Waals surface area contributed by atoms with Crippen LogP contribution in [-0.2, 0) is 20.9 Å². The van der Waals surface area contributed by atoms with Crippen LogP contribution in [0.2, 0.25) is 15.1 Å². The highest BCUT2D eigenvalue weighted by Gasteiger charge is 2.49.